The molecule has 1 saturated heterocycles. The molecular formula is C14H15N3O2. The van der Waals surface area contributed by atoms with Gasteiger partial charge in [0.05, 0.1) is 17.9 Å². The number of carbonyl (C=O) groups is 1. The largest absolute Gasteiger partial charge is 0.465 e. The van der Waals surface area contributed by atoms with Gasteiger partial charge in [0.25, 0.3) is 0 Å². The smallest absolute Gasteiger partial charge is 0.407 e. The van der Waals surface area contributed by atoms with Crippen LogP contribution in [0.3, 0.4) is 0 Å². The van der Waals surface area contributed by atoms with Crippen LogP contribution in [0.15, 0.2) is 36.5 Å². The fraction of sp³-hybridized carbons (Fsp3) is 0.286. The molecule has 19 heavy (non-hydrogen) atoms. The zero-order valence-electron chi connectivity index (χ0n) is 10.4. The van der Waals surface area contributed by atoms with E-state index in [2.05, 4.69) is 9.97 Å². The number of aromatic nitrogens is 2. The number of rotatable bonds is 2. The van der Waals surface area contributed by atoms with Crippen molar-refractivity contribution in [1.29, 1.82) is 0 Å². The van der Waals surface area contributed by atoms with Gasteiger partial charge in [-0.1, -0.05) is 30.3 Å². The van der Waals surface area contributed by atoms with Crippen LogP contribution in [0.5, 0.6) is 0 Å². The van der Waals surface area contributed by atoms with Crippen LogP contribution in [0.1, 0.15) is 24.6 Å². The second kappa shape index (κ2) is 4.76. The van der Waals surface area contributed by atoms with E-state index >= 15 is 0 Å². The number of hydrogen-bond acceptors (Lipinski definition) is 2. The number of imidazole rings is 1. The molecule has 0 aliphatic carbocycles. The lowest BCUT2D eigenvalue weighted by molar-refractivity contribution is 0.139. The Hall–Kier alpha value is -2.30. The molecule has 2 N–H and O–H groups in total. The van der Waals surface area contributed by atoms with E-state index < -0.39 is 6.09 Å². The Labute approximate surface area is 110 Å². The van der Waals surface area contributed by atoms with E-state index in [0.717, 1.165) is 29.9 Å². The molecular weight excluding hydrogens is 242 g/mol. The van der Waals surface area contributed by atoms with E-state index in [4.69, 9.17) is 5.11 Å². The minimum Gasteiger partial charge on any atom is -0.465 e. The van der Waals surface area contributed by atoms with Crippen molar-refractivity contribution in [2.45, 2.75) is 18.9 Å². The third-order valence-corrected chi connectivity index (χ3v) is 3.50. The first-order valence-corrected chi connectivity index (χ1v) is 6.35. The number of nitrogens with zero attached hydrogens (tertiary/aromatic N) is 2. The third kappa shape index (κ3) is 2.19. The molecule has 2 heterocycles. The molecule has 98 valence electrons. The summed E-state index contributed by atoms with van der Waals surface area (Å²) in [6.45, 7) is 0.597. The fourth-order valence-electron chi connectivity index (χ4n) is 2.57. The van der Waals surface area contributed by atoms with Gasteiger partial charge in [-0.3, -0.25) is 4.90 Å². The van der Waals surface area contributed by atoms with Crippen LogP contribution in [0, 0.1) is 0 Å². The highest BCUT2D eigenvalue weighted by molar-refractivity contribution is 5.66. The standard InChI is InChI=1S/C14H15N3O2/c18-14(19)17-8-4-7-12(17)11-9-15-13(16-11)10-5-2-1-3-6-10/h1-3,5-6,9,12H,4,7-8H2,(H,15,16)(H,18,19)/t12-/m0/s1. The Morgan fingerprint density at radius 3 is 2.89 bits per heavy atom. The zero-order valence-corrected chi connectivity index (χ0v) is 10.4. The molecule has 3 rings (SSSR count). The summed E-state index contributed by atoms with van der Waals surface area (Å²) < 4.78 is 0. The average Bonchev–Trinajstić information content (AvgIpc) is 3.08. The molecule has 1 fully saturated rings. The highest BCUT2D eigenvalue weighted by atomic mass is 16.4. The van der Waals surface area contributed by atoms with Crippen LogP contribution in [0.2, 0.25) is 0 Å². The van der Waals surface area contributed by atoms with E-state index in [9.17, 15) is 4.79 Å². The first-order chi connectivity index (χ1) is 9.25. The van der Waals surface area contributed by atoms with Gasteiger partial charge in [-0.25, -0.2) is 9.78 Å². The number of H-pyrrole nitrogens is 1. The summed E-state index contributed by atoms with van der Waals surface area (Å²) in [6.07, 6.45) is 2.63. The molecule has 0 saturated carbocycles. The Kier molecular flexibility index (Phi) is 2.95. The number of aromatic amines is 1. The van der Waals surface area contributed by atoms with E-state index in [-0.39, 0.29) is 6.04 Å². The number of amides is 1. The summed E-state index contributed by atoms with van der Waals surface area (Å²) in [5.74, 6) is 0.785. The maximum atomic E-state index is 11.2. The molecule has 1 aliphatic rings. The van der Waals surface area contributed by atoms with Crippen molar-refractivity contribution >= 4 is 6.09 Å². The number of nitrogens with one attached hydrogen (secondary N) is 1. The van der Waals surface area contributed by atoms with Crippen molar-refractivity contribution < 1.29 is 9.90 Å². The molecule has 5 nitrogen and oxygen atoms in total. The molecule has 1 amide bonds. The van der Waals surface area contributed by atoms with Crippen LogP contribution in [0.25, 0.3) is 11.4 Å². The SMILES string of the molecule is O=C(O)N1CCC[C@H]1c1cnc(-c2ccccc2)[nH]1. The van der Waals surface area contributed by atoms with Crippen molar-refractivity contribution in [3.63, 3.8) is 0 Å². The highest BCUT2D eigenvalue weighted by Crippen LogP contribution is 2.31. The van der Waals surface area contributed by atoms with E-state index in [1.54, 1.807) is 6.20 Å². The molecule has 5 heteroatoms. The molecule has 0 unspecified atom stereocenters. The number of likely N-dealkylation sites (tertiary alicyclic amines) is 1. The van der Waals surface area contributed by atoms with Crippen LogP contribution >= 0.6 is 0 Å². The molecule has 1 aromatic heterocycles. The van der Waals surface area contributed by atoms with Gasteiger partial charge in [-0.15, -0.1) is 0 Å². The normalized spacial score (nSPS) is 18.7. The summed E-state index contributed by atoms with van der Waals surface area (Å²) in [5.41, 5.74) is 1.88. The Morgan fingerprint density at radius 1 is 1.37 bits per heavy atom. The summed E-state index contributed by atoms with van der Waals surface area (Å²) in [6, 6.07) is 9.73. The lowest BCUT2D eigenvalue weighted by Crippen LogP contribution is -2.28. The van der Waals surface area contributed by atoms with Gasteiger partial charge in [0, 0.05) is 12.1 Å². The van der Waals surface area contributed by atoms with Gasteiger partial charge in [0.1, 0.15) is 5.82 Å². The minimum absolute atomic E-state index is 0.0949. The first kappa shape index (κ1) is 11.8. The van der Waals surface area contributed by atoms with E-state index in [1.165, 1.54) is 4.90 Å². The van der Waals surface area contributed by atoms with Crippen molar-refractivity contribution in [2.24, 2.45) is 0 Å². The minimum atomic E-state index is -0.863. The van der Waals surface area contributed by atoms with E-state index in [1.807, 2.05) is 30.3 Å². The molecule has 1 atom stereocenters. The number of hydrogen-bond donors (Lipinski definition) is 2. The van der Waals surface area contributed by atoms with Crippen molar-refractivity contribution in [3.05, 3.63) is 42.2 Å². The van der Waals surface area contributed by atoms with E-state index in [0.29, 0.717) is 6.54 Å². The second-order valence-corrected chi connectivity index (χ2v) is 4.69. The first-order valence-electron chi connectivity index (χ1n) is 6.35. The van der Waals surface area contributed by atoms with Gasteiger partial charge < -0.3 is 10.1 Å². The molecule has 1 aromatic carbocycles. The topological polar surface area (TPSA) is 69.2 Å². The summed E-state index contributed by atoms with van der Waals surface area (Å²) in [4.78, 5) is 20.2. The Bertz CT molecular complexity index is 579. The van der Waals surface area contributed by atoms with Crippen LogP contribution in [-0.2, 0) is 0 Å². The van der Waals surface area contributed by atoms with Gasteiger partial charge in [-0.2, -0.15) is 0 Å². The molecule has 0 radical (unpaired) electrons. The zero-order chi connectivity index (χ0) is 13.2. The second-order valence-electron chi connectivity index (χ2n) is 4.69. The molecule has 1 aliphatic heterocycles. The van der Waals surface area contributed by atoms with Crippen molar-refractivity contribution in [1.82, 2.24) is 14.9 Å². The molecule has 2 aromatic rings. The fourth-order valence-corrected chi connectivity index (χ4v) is 2.57. The van der Waals surface area contributed by atoms with Crippen LogP contribution < -0.4 is 0 Å². The molecule has 0 spiro atoms. The summed E-state index contributed by atoms with van der Waals surface area (Å²) in [7, 11) is 0. The van der Waals surface area contributed by atoms with Crippen molar-refractivity contribution in [3.8, 4) is 11.4 Å². The Balaban J connectivity index is 1.87. The molecule has 0 bridgehead atoms. The maximum Gasteiger partial charge on any atom is 0.407 e. The third-order valence-electron chi connectivity index (χ3n) is 3.50. The van der Waals surface area contributed by atoms with Gasteiger partial charge >= 0.3 is 6.09 Å². The Morgan fingerprint density at radius 2 is 2.16 bits per heavy atom. The van der Waals surface area contributed by atoms with Gasteiger partial charge in [-0.05, 0) is 12.8 Å². The number of benzene rings is 1. The maximum absolute atomic E-state index is 11.2. The highest BCUT2D eigenvalue weighted by Gasteiger charge is 2.31. The van der Waals surface area contributed by atoms with Crippen molar-refractivity contribution in [2.75, 3.05) is 6.54 Å². The lowest BCUT2D eigenvalue weighted by Gasteiger charge is -2.19. The lowest BCUT2D eigenvalue weighted by atomic mass is 10.1. The van der Waals surface area contributed by atoms with Gasteiger partial charge in [0.2, 0.25) is 0 Å². The average molecular weight is 257 g/mol. The quantitative estimate of drug-likeness (QED) is 0.869. The van der Waals surface area contributed by atoms with Crippen LogP contribution in [-0.4, -0.2) is 32.6 Å². The predicted octanol–water partition coefficient (Wildman–Crippen LogP) is 2.89. The monoisotopic (exact) mass is 257 g/mol. The van der Waals surface area contributed by atoms with Gasteiger partial charge in [0.15, 0.2) is 0 Å². The predicted molar refractivity (Wildman–Crippen MR) is 70.7 cm³/mol. The summed E-state index contributed by atoms with van der Waals surface area (Å²) in [5, 5.41) is 9.16. The number of carboxylic acid groups (broad SMARTS) is 1. The summed E-state index contributed by atoms with van der Waals surface area (Å²) >= 11 is 0. The van der Waals surface area contributed by atoms with Crippen LogP contribution in [0.4, 0.5) is 4.79 Å².